The zero-order valence-electron chi connectivity index (χ0n) is 11.0. The number of unbranched alkanes of at least 4 members (excludes halogenated alkanes) is 4. The summed E-state index contributed by atoms with van der Waals surface area (Å²) in [5, 5.41) is 0. The molecule has 0 bridgehead atoms. The number of H-pyrrole nitrogens is 1. The van der Waals surface area contributed by atoms with Crippen LogP contribution in [0.15, 0.2) is 18.3 Å². The van der Waals surface area contributed by atoms with Gasteiger partial charge in [-0.2, -0.15) is 0 Å². The fourth-order valence-electron chi connectivity index (χ4n) is 2.32. The quantitative estimate of drug-likeness (QED) is 0.547. The second-order valence-corrected chi connectivity index (χ2v) is 4.81. The molecule has 1 heteroatoms. The molecule has 92 valence electrons. The molecule has 1 aromatic heterocycles. The largest absolute Gasteiger partial charge is 0.365 e. The summed E-state index contributed by atoms with van der Waals surface area (Å²) in [7, 11) is 0. The van der Waals surface area contributed by atoms with Gasteiger partial charge in [0.25, 0.3) is 0 Å². The van der Waals surface area contributed by atoms with Crippen molar-refractivity contribution in [3.8, 4) is 0 Å². The van der Waals surface area contributed by atoms with Gasteiger partial charge in [-0.1, -0.05) is 52.4 Å². The number of aromatic amines is 1. The third kappa shape index (κ3) is 4.87. The molecule has 1 aromatic rings. The van der Waals surface area contributed by atoms with E-state index in [0.717, 1.165) is 5.92 Å². The average molecular weight is 221 g/mol. The molecule has 1 rings (SSSR count). The first-order valence-electron chi connectivity index (χ1n) is 7.01. The third-order valence-corrected chi connectivity index (χ3v) is 3.37. The highest BCUT2D eigenvalue weighted by molar-refractivity contribution is 5.09. The summed E-state index contributed by atoms with van der Waals surface area (Å²) in [5.74, 6) is 0.770. The molecular formula is C15H27N. The Hall–Kier alpha value is -0.720. The van der Waals surface area contributed by atoms with Gasteiger partial charge in [0.15, 0.2) is 0 Å². The molecule has 0 fully saturated rings. The normalized spacial score (nSPS) is 12.9. The molecule has 1 atom stereocenters. The van der Waals surface area contributed by atoms with E-state index in [-0.39, 0.29) is 0 Å². The minimum atomic E-state index is 0.770. The number of hydrogen-bond acceptors (Lipinski definition) is 0. The highest BCUT2D eigenvalue weighted by atomic mass is 14.7. The van der Waals surface area contributed by atoms with Gasteiger partial charge >= 0.3 is 0 Å². The second kappa shape index (κ2) is 8.43. The predicted molar refractivity (Wildman–Crippen MR) is 71.8 cm³/mol. The van der Waals surface area contributed by atoms with Gasteiger partial charge in [0, 0.05) is 11.9 Å². The molecule has 0 radical (unpaired) electrons. The van der Waals surface area contributed by atoms with Crippen LogP contribution < -0.4 is 0 Å². The van der Waals surface area contributed by atoms with E-state index in [1.54, 1.807) is 0 Å². The van der Waals surface area contributed by atoms with Crippen molar-refractivity contribution in [3.63, 3.8) is 0 Å². The molecule has 1 heterocycles. The number of rotatable bonds is 9. The van der Waals surface area contributed by atoms with Crippen LogP contribution in [-0.2, 0) is 0 Å². The van der Waals surface area contributed by atoms with Gasteiger partial charge in [-0.05, 0) is 30.9 Å². The molecule has 0 aliphatic carbocycles. The first-order valence-corrected chi connectivity index (χ1v) is 7.01. The Kier molecular flexibility index (Phi) is 7.03. The van der Waals surface area contributed by atoms with Gasteiger partial charge in [-0.3, -0.25) is 0 Å². The van der Waals surface area contributed by atoms with Crippen LogP contribution in [0, 0.1) is 0 Å². The van der Waals surface area contributed by atoms with E-state index in [1.165, 1.54) is 57.1 Å². The van der Waals surface area contributed by atoms with Gasteiger partial charge in [-0.15, -0.1) is 0 Å². The van der Waals surface area contributed by atoms with E-state index in [1.807, 2.05) is 0 Å². The van der Waals surface area contributed by atoms with Crippen LogP contribution in [0.25, 0.3) is 0 Å². The fraction of sp³-hybridized carbons (Fsp3) is 0.733. The molecule has 0 aromatic carbocycles. The maximum Gasteiger partial charge on any atom is 0.0178 e. The fourth-order valence-corrected chi connectivity index (χ4v) is 2.32. The first-order chi connectivity index (χ1) is 7.88. The van der Waals surface area contributed by atoms with E-state index < -0.39 is 0 Å². The number of hydrogen-bond donors (Lipinski definition) is 1. The minimum Gasteiger partial charge on any atom is -0.365 e. The summed E-state index contributed by atoms with van der Waals surface area (Å²) in [6.45, 7) is 4.56. The van der Waals surface area contributed by atoms with Crippen molar-refractivity contribution in [2.75, 3.05) is 0 Å². The van der Waals surface area contributed by atoms with E-state index >= 15 is 0 Å². The maximum absolute atomic E-state index is 3.39. The molecule has 16 heavy (non-hydrogen) atoms. The van der Waals surface area contributed by atoms with Crippen LogP contribution in [0.1, 0.15) is 76.8 Å². The van der Waals surface area contributed by atoms with Crippen LogP contribution in [0.4, 0.5) is 0 Å². The third-order valence-electron chi connectivity index (χ3n) is 3.37. The Bertz CT molecular complexity index is 238. The summed E-state index contributed by atoms with van der Waals surface area (Å²) >= 11 is 0. The molecule has 1 N–H and O–H groups in total. The molecule has 0 aliphatic rings. The summed E-state index contributed by atoms with van der Waals surface area (Å²) in [5.41, 5.74) is 1.45. The lowest BCUT2D eigenvalue weighted by Gasteiger charge is -2.15. The van der Waals surface area contributed by atoms with E-state index in [4.69, 9.17) is 0 Å². The summed E-state index contributed by atoms with van der Waals surface area (Å²) in [6, 6.07) is 4.38. The molecule has 0 amide bonds. The maximum atomic E-state index is 3.39. The van der Waals surface area contributed by atoms with Gasteiger partial charge in [-0.25, -0.2) is 0 Å². The molecule has 1 nitrogen and oxygen atoms in total. The molecule has 1 unspecified atom stereocenters. The van der Waals surface area contributed by atoms with Gasteiger partial charge in [0.05, 0.1) is 0 Å². The van der Waals surface area contributed by atoms with E-state index in [9.17, 15) is 0 Å². The monoisotopic (exact) mass is 221 g/mol. The van der Waals surface area contributed by atoms with Crippen molar-refractivity contribution in [3.05, 3.63) is 24.0 Å². The lowest BCUT2D eigenvalue weighted by molar-refractivity contribution is 0.502. The van der Waals surface area contributed by atoms with E-state index in [0.29, 0.717) is 0 Å². The van der Waals surface area contributed by atoms with Crippen molar-refractivity contribution in [2.24, 2.45) is 0 Å². The first kappa shape index (κ1) is 13.3. The molecule has 0 spiro atoms. The summed E-state index contributed by atoms with van der Waals surface area (Å²) in [4.78, 5) is 3.39. The SMILES string of the molecule is CCCCCCC(CCCC)c1ccc[nH]1. The zero-order valence-corrected chi connectivity index (χ0v) is 11.0. The zero-order chi connectivity index (χ0) is 11.6. The number of nitrogens with one attached hydrogen (secondary N) is 1. The summed E-state index contributed by atoms with van der Waals surface area (Å²) in [6.07, 6.45) is 13.0. The second-order valence-electron chi connectivity index (χ2n) is 4.81. The molecule has 0 aliphatic heterocycles. The van der Waals surface area contributed by atoms with Crippen LogP contribution >= 0.6 is 0 Å². The number of aromatic nitrogens is 1. The highest BCUT2D eigenvalue weighted by Crippen LogP contribution is 2.26. The molecule has 0 saturated carbocycles. The topological polar surface area (TPSA) is 15.8 Å². The van der Waals surface area contributed by atoms with Gasteiger partial charge in [0.2, 0.25) is 0 Å². The van der Waals surface area contributed by atoms with Crippen molar-refractivity contribution >= 4 is 0 Å². The Morgan fingerprint density at radius 2 is 1.75 bits per heavy atom. The van der Waals surface area contributed by atoms with Crippen LogP contribution in [0.5, 0.6) is 0 Å². The minimum absolute atomic E-state index is 0.770. The van der Waals surface area contributed by atoms with Crippen LogP contribution in [0.3, 0.4) is 0 Å². The molecule has 0 saturated heterocycles. The van der Waals surface area contributed by atoms with Crippen LogP contribution in [0.2, 0.25) is 0 Å². The average Bonchev–Trinajstić information content (AvgIpc) is 2.82. The van der Waals surface area contributed by atoms with Crippen molar-refractivity contribution in [1.29, 1.82) is 0 Å². The predicted octanol–water partition coefficient (Wildman–Crippen LogP) is 5.26. The smallest absolute Gasteiger partial charge is 0.0178 e. The van der Waals surface area contributed by atoms with Crippen molar-refractivity contribution in [1.82, 2.24) is 4.98 Å². The van der Waals surface area contributed by atoms with Crippen molar-refractivity contribution in [2.45, 2.75) is 71.1 Å². The molecular weight excluding hydrogens is 194 g/mol. The lowest BCUT2D eigenvalue weighted by Crippen LogP contribution is -1.99. The Balaban J connectivity index is 2.32. The van der Waals surface area contributed by atoms with Gasteiger partial charge < -0.3 is 4.98 Å². The standard InChI is InChI=1S/C15H27N/c1-3-5-7-8-11-14(10-6-4-2)15-12-9-13-16-15/h9,12-14,16H,3-8,10-11H2,1-2H3. The highest BCUT2D eigenvalue weighted by Gasteiger charge is 2.11. The Morgan fingerprint density at radius 3 is 2.38 bits per heavy atom. The summed E-state index contributed by atoms with van der Waals surface area (Å²) < 4.78 is 0. The lowest BCUT2D eigenvalue weighted by atomic mass is 9.92. The van der Waals surface area contributed by atoms with Gasteiger partial charge in [0.1, 0.15) is 0 Å². The van der Waals surface area contributed by atoms with Crippen LogP contribution in [-0.4, -0.2) is 4.98 Å². The van der Waals surface area contributed by atoms with Crippen molar-refractivity contribution < 1.29 is 0 Å². The Morgan fingerprint density at radius 1 is 1.00 bits per heavy atom. The Labute approximate surface area is 101 Å². The van der Waals surface area contributed by atoms with E-state index in [2.05, 4.69) is 37.2 Å².